The molecular formula is C12H14O5. The molecule has 0 saturated heterocycles. The second-order valence-electron chi connectivity index (χ2n) is 3.63. The number of aliphatic hydroxyl groups is 1. The molecule has 5 heteroatoms. The van der Waals surface area contributed by atoms with Crippen LogP contribution in [-0.4, -0.2) is 24.5 Å². The lowest BCUT2D eigenvalue weighted by atomic mass is 10.1. The van der Waals surface area contributed by atoms with Gasteiger partial charge in [-0.15, -0.1) is 0 Å². The highest BCUT2D eigenvalue weighted by molar-refractivity contribution is 5.76. The van der Waals surface area contributed by atoms with Crippen molar-refractivity contribution < 1.29 is 24.1 Å². The van der Waals surface area contributed by atoms with Crippen molar-refractivity contribution in [3.63, 3.8) is 0 Å². The summed E-state index contributed by atoms with van der Waals surface area (Å²) in [4.78, 5) is 11.4. The SMILES string of the molecule is CCOC(=O)C(O)c1ccc2c(c1)OCOC2. The van der Waals surface area contributed by atoms with Gasteiger partial charge in [-0.1, -0.05) is 12.1 Å². The van der Waals surface area contributed by atoms with Gasteiger partial charge in [-0.2, -0.15) is 0 Å². The molecule has 1 aliphatic rings. The Morgan fingerprint density at radius 3 is 3.18 bits per heavy atom. The highest BCUT2D eigenvalue weighted by atomic mass is 16.7. The Balaban J connectivity index is 2.18. The summed E-state index contributed by atoms with van der Waals surface area (Å²) in [5, 5.41) is 9.76. The van der Waals surface area contributed by atoms with E-state index < -0.39 is 12.1 Å². The standard InChI is InChI=1S/C12H14O5/c1-2-16-12(14)11(13)8-3-4-9-6-15-7-17-10(9)5-8/h3-5,11,13H,2,6-7H2,1H3. The Morgan fingerprint density at radius 1 is 1.59 bits per heavy atom. The molecule has 0 saturated carbocycles. The molecule has 5 nitrogen and oxygen atoms in total. The Hall–Kier alpha value is -1.59. The van der Waals surface area contributed by atoms with Crippen LogP contribution in [0, 0.1) is 0 Å². The summed E-state index contributed by atoms with van der Waals surface area (Å²) in [6.45, 7) is 2.60. The molecule has 0 bridgehead atoms. The fourth-order valence-electron chi connectivity index (χ4n) is 1.61. The van der Waals surface area contributed by atoms with E-state index in [1.54, 1.807) is 25.1 Å². The number of carbonyl (C=O) groups excluding carboxylic acids is 1. The lowest BCUT2D eigenvalue weighted by molar-refractivity contribution is -0.153. The van der Waals surface area contributed by atoms with Crippen molar-refractivity contribution in [2.24, 2.45) is 0 Å². The second-order valence-corrected chi connectivity index (χ2v) is 3.63. The third-order valence-corrected chi connectivity index (χ3v) is 2.47. The highest BCUT2D eigenvalue weighted by Crippen LogP contribution is 2.27. The molecule has 0 aromatic heterocycles. The summed E-state index contributed by atoms with van der Waals surface area (Å²) in [5.41, 5.74) is 1.36. The van der Waals surface area contributed by atoms with Crippen LogP contribution >= 0.6 is 0 Å². The zero-order valence-corrected chi connectivity index (χ0v) is 9.51. The van der Waals surface area contributed by atoms with Crippen LogP contribution in [0.1, 0.15) is 24.2 Å². The van der Waals surface area contributed by atoms with E-state index in [0.29, 0.717) is 17.9 Å². The van der Waals surface area contributed by atoms with Gasteiger partial charge in [-0.25, -0.2) is 4.79 Å². The molecule has 0 radical (unpaired) electrons. The van der Waals surface area contributed by atoms with Crippen molar-refractivity contribution in [1.29, 1.82) is 0 Å². The average Bonchev–Trinajstić information content (AvgIpc) is 2.37. The molecule has 2 rings (SSSR count). The number of carbonyl (C=O) groups is 1. The fourth-order valence-corrected chi connectivity index (χ4v) is 1.61. The molecular weight excluding hydrogens is 224 g/mol. The first-order valence-electron chi connectivity index (χ1n) is 5.40. The Morgan fingerprint density at radius 2 is 2.41 bits per heavy atom. The van der Waals surface area contributed by atoms with Crippen LogP contribution in [0.4, 0.5) is 0 Å². The van der Waals surface area contributed by atoms with Gasteiger partial charge in [0.15, 0.2) is 12.9 Å². The zero-order chi connectivity index (χ0) is 12.3. The monoisotopic (exact) mass is 238 g/mol. The van der Waals surface area contributed by atoms with Crippen molar-refractivity contribution in [3.8, 4) is 5.75 Å². The number of esters is 1. The number of ether oxygens (including phenoxy) is 3. The van der Waals surface area contributed by atoms with Crippen LogP contribution < -0.4 is 4.74 Å². The molecule has 0 fully saturated rings. The van der Waals surface area contributed by atoms with Gasteiger partial charge < -0.3 is 19.3 Å². The summed E-state index contributed by atoms with van der Waals surface area (Å²) in [7, 11) is 0. The van der Waals surface area contributed by atoms with Crippen molar-refractivity contribution in [2.75, 3.05) is 13.4 Å². The van der Waals surface area contributed by atoms with E-state index in [1.807, 2.05) is 0 Å². The number of fused-ring (bicyclic) bond motifs is 1. The fraction of sp³-hybridized carbons (Fsp3) is 0.417. The summed E-state index contributed by atoms with van der Waals surface area (Å²) >= 11 is 0. The molecule has 1 N–H and O–H groups in total. The number of rotatable bonds is 3. The summed E-state index contributed by atoms with van der Waals surface area (Å²) < 4.78 is 15.1. The molecule has 1 heterocycles. The number of hydrogen-bond donors (Lipinski definition) is 1. The first-order valence-corrected chi connectivity index (χ1v) is 5.40. The van der Waals surface area contributed by atoms with Gasteiger partial charge in [0.25, 0.3) is 0 Å². The molecule has 1 atom stereocenters. The van der Waals surface area contributed by atoms with Gasteiger partial charge in [0.05, 0.1) is 13.2 Å². The van der Waals surface area contributed by atoms with Gasteiger partial charge in [0, 0.05) is 5.56 Å². The second kappa shape index (κ2) is 5.16. The van der Waals surface area contributed by atoms with Gasteiger partial charge in [-0.05, 0) is 18.6 Å². The molecule has 92 valence electrons. The molecule has 1 aromatic carbocycles. The predicted molar refractivity (Wildman–Crippen MR) is 58.3 cm³/mol. The quantitative estimate of drug-likeness (QED) is 0.800. The lowest BCUT2D eigenvalue weighted by Crippen LogP contribution is -2.17. The van der Waals surface area contributed by atoms with E-state index >= 15 is 0 Å². The van der Waals surface area contributed by atoms with E-state index in [0.717, 1.165) is 5.56 Å². The third-order valence-electron chi connectivity index (χ3n) is 2.47. The maximum Gasteiger partial charge on any atom is 0.339 e. The number of benzene rings is 1. The Kier molecular flexibility index (Phi) is 3.61. The Bertz CT molecular complexity index is 415. The minimum Gasteiger partial charge on any atom is -0.467 e. The molecule has 0 aliphatic carbocycles. The van der Waals surface area contributed by atoms with Crippen LogP contribution in [-0.2, 0) is 20.9 Å². The van der Waals surface area contributed by atoms with E-state index in [2.05, 4.69) is 0 Å². The molecule has 1 aliphatic heterocycles. The van der Waals surface area contributed by atoms with Crippen LogP contribution in [0.5, 0.6) is 5.75 Å². The molecule has 0 spiro atoms. The van der Waals surface area contributed by atoms with Gasteiger partial charge in [0.2, 0.25) is 0 Å². The number of aliphatic hydroxyl groups excluding tert-OH is 1. The summed E-state index contributed by atoms with van der Waals surface area (Å²) in [6.07, 6.45) is -1.27. The molecule has 17 heavy (non-hydrogen) atoms. The first-order chi connectivity index (χ1) is 8.22. The van der Waals surface area contributed by atoms with Crippen LogP contribution in [0.2, 0.25) is 0 Å². The van der Waals surface area contributed by atoms with Crippen molar-refractivity contribution >= 4 is 5.97 Å². The Labute approximate surface area is 98.9 Å². The van der Waals surface area contributed by atoms with E-state index in [-0.39, 0.29) is 13.4 Å². The molecule has 1 aromatic rings. The minimum absolute atomic E-state index is 0.186. The summed E-state index contributed by atoms with van der Waals surface area (Å²) in [5.74, 6) is -0.0170. The van der Waals surface area contributed by atoms with Gasteiger partial charge >= 0.3 is 5.97 Å². The van der Waals surface area contributed by atoms with Crippen LogP contribution in [0.25, 0.3) is 0 Å². The maximum atomic E-state index is 11.4. The maximum absolute atomic E-state index is 11.4. The largest absolute Gasteiger partial charge is 0.467 e. The minimum atomic E-state index is -1.27. The number of hydrogen-bond acceptors (Lipinski definition) is 5. The van der Waals surface area contributed by atoms with E-state index in [9.17, 15) is 9.90 Å². The van der Waals surface area contributed by atoms with Crippen LogP contribution in [0.3, 0.4) is 0 Å². The lowest BCUT2D eigenvalue weighted by Gasteiger charge is -2.19. The van der Waals surface area contributed by atoms with E-state index in [4.69, 9.17) is 14.2 Å². The van der Waals surface area contributed by atoms with Crippen molar-refractivity contribution in [2.45, 2.75) is 19.6 Å². The first kappa shape index (κ1) is 11.9. The summed E-state index contributed by atoms with van der Waals surface area (Å²) in [6, 6.07) is 5.07. The predicted octanol–water partition coefficient (Wildman–Crippen LogP) is 1.15. The molecule has 1 unspecified atom stereocenters. The smallest absolute Gasteiger partial charge is 0.339 e. The highest BCUT2D eigenvalue weighted by Gasteiger charge is 2.21. The van der Waals surface area contributed by atoms with Crippen molar-refractivity contribution in [3.05, 3.63) is 29.3 Å². The van der Waals surface area contributed by atoms with E-state index in [1.165, 1.54) is 0 Å². The van der Waals surface area contributed by atoms with Gasteiger partial charge in [0.1, 0.15) is 5.75 Å². The zero-order valence-electron chi connectivity index (χ0n) is 9.51. The topological polar surface area (TPSA) is 65.0 Å². The third kappa shape index (κ3) is 2.57. The molecule has 0 amide bonds. The van der Waals surface area contributed by atoms with Crippen LogP contribution in [0.15, 0.2) is 18.2 Å². The van der Waals surface area contributed by atoms with Crippen molar-refractivity contribution in [1.82, 2.24) is 0 Å². The normalized spacial score (nSPS) is 15.6. The average molecular weight is 238 g/mol. The van der Waals surface area contributed by atoms with Gasteiger partial charge in [-0.3, -0.25) is 0 Å².